The van der Waals surface area contributed by atoms with Gasteiger partial charge in [0.05, 0.1) is 0 Å². The fourth-order valence-corrected chi connectivity index (χ4v) is 5.31. The zero-order valence-electron chi connectivity index (χ0n) is 20.0. The van der Waals surface area contributed by atoms with E-state index in [0.717, 1.165) is 63.6 Å². The van der Waals surface area contributed by atoms with Crippen molar-refractivity contribution in [2.24, 2.45) is 0 Å². The third-order valence-electron chi connectivity index (χ3n) is 7.17. The number of piperazine rings is 1. The molecule has 5 rings (SSSR count). The Morgan fingerprint density at radius 3 is 2.67 bits per heavy atom. The first-order valence-electron chi connectivity index (χ1n) is 12.3. The van der Waals surface area contributed by atoms with Gasteiger partial charge < -0.3 is 20.0 Å². The van der Waals surface area contributed by atoms with Crippen molar-refractivity contribution in [1.82, 2.24) is 14.9 Å². The van der Waals surface area contributed by atoms with Crippen LogP contribution in [-0.4, -0.2) is 78.7 Å². The number of nitrogens with one attached hydrogen (secondary N) is 1. The molecule has 2 saturated heterocycles. The van der Waals surface area contributed by atoms with Gasteiger partial charge in [0.25, 0.3) is 5.91 Å². The second kappa shape index (κ2) is 9.17. The average molecular weight is 450 g/mol. The average Bonchev–Trinajstić information content (AvgIpc) is 3.26. The van der Waals surface area contributed by atoms with Crippen LogP contribution >= 0.6 is 0 Å². The first-order chi connectivity index (χ1) is 16.0. The number of rotatable bonds is 5. The Labute approximate surface area is 196 Å². The van der Waals surface area contributed by atoms with Gasteiger partial charge in [-0.2, -0.15) is 4.98 Å². The highest BCUT2D eigenvalue weighted by atomic mass is 16.2. The molecule has 1 atom stereocenters. The number of carbonyl (C=O) groups is 1. The van der Waals surface area contributed by atoms with Crippen LogP contribution in [0.25, 0.3) is 0 Å². The minimum absolute atomic E-state index is 0.00998. The summed E-state index contributed by atoms with van der Waals surface area (Å²) in [7, 11) is 0. The third-order valence-corrected chi connectivity index (χ3v) is 7.17. The summed E-state index contributed by atoms with van der Waals surface area (Å²) in [5.41, 5.74) is 2.74. The predicted octanol–water partition coefficient (Wildman–Crippen LogP) is 3.07. The number of hydrogen-bond acceptors (Lipinski definition) is 7. The molecule has 0 radical (unpaired) electrons. The van der Waals surface area contributed by atoms with Crippen LogP contribution in [0.1, 0.15) is 44.0 Å². The van der Waals surface area contributed by atoms with E-state index in [2.05, 4.69) is 63.1 Å². The largest absolute Gasteiger partial charge is 0.369 e. The molecule has 3 aliphatic rings. The SMILES string of the molecule is CCNc1ncc2c(n1)N1CCC[C@H]1CN(c1cccc(N3CCN(C(C)C)CC3)c1)C2=O. The third kappa shape index (κ3) is 4.24. The van der Waals surface area contributed by atoms with Gasteiger partial charge in [-0.3, -0.25) is 9.69 Å². The highest BCUT2D eigenvalue weighted by Gasteiger charge is 2.37. The number of carbonyl (C=O) groups excluding carboxylic acids is 1. The van der Waals surface area contributed by atoms with E-state index in [-0.39, 0.29) is 11.9 Å². The second-order valence-corrected chi connectivity index (χ2v) is 9.50. The molecule has 0 unspecified atom stereocenters. The molecule has 176 valence electrons. The maximum absolute atomic E-state index is 13.7. The van der Waals surface area contributed by atoms with Crippen LogP contribution in [0.15, 0.2) is 30.5 Å². The Hall–Kier alpha value is -2.87. The number of amides is 1. The van der Waals surface area contributed by atoms with E-state index in [9.17, 15) is 4.79 Å². The predicted molar refractivity (Wildman–Crippen MR) is 134 cm³/mol. The Morgan fingerprint density at radius 1 is 1.12 bits per heavy atom. The summed E-state index contributed by atoms with van der Waals surface area (Å²) < 4.78 is 0. The van der Waals surface area contributed by atoms with Gasteiger partial charge in [-0.15, -0.1) is 0 Å². The zero-order valence-corrected chi connectivity index (χ0v) is 20.0. The number of nitrogens with zero attached hydrogens (tertiary/aromatic N) is 6. The first-order valence-corrected chi connectivity index (χ1v) is 12.3. The molecule has 1 amide bonds. The quantitative estimate of drug-likeness (QED) is 0.752. The Balaban J connectivity index is 1.44. The van der Waals surface area contributed by atoms with E-state index < -0.39 is 0 Å². The van der Waals surface area contributed by atoms with Gasteiger partial charge in [-0.1, -0.05) is 6.07 Å². The summed E-state index contributed by atoms with van der Waals surface area (Å²) in [4.78, 5) is 32.1. The van der Waals surface area contributed by atoms with Gasteiger partial charge in [-0.05, 0) is 51.8 Å². The van der Waals surface area contributed by atoms with Crippen molar-refractivity contribution in [3.8, 4) is 0 Å². The molecular weight excluding hydrogens is 414 g/mol. The van der Waals surface area contributed by atoms with E-state index in [0.29, 0.717) is 24.1 Å². The van der Waals surface area contributed by atoms with Gasteiger partial charge in [-0.25, -0.2) is 4.98 Å². The summed E-state index contributed by atoms with van der Waals surface area (Å²) in [6.45, 7) is 13.1. The molecule has 0 bridgehead atoms. The van der Waals surface area contributed by atoms with Crippen molar-refractivity contribution in [2.75, 3.05) is 65.8 Å². The van der Waals surface area contributed by atoms with Crippen molar-refractivity contribution >= 4 is 29.0 Å². The van der Waals surface area contributed by atoms with Gasteiger partial charge in [0.2, 0.25) is 5.95 Å². The lowest BCUT2D eigenvalue weighted by atomic mass is 10.1. The number of benzene rings is 1. The summed E-state index contributed by atoms with van der Waals surface area (Å²) >= 11 is 0. The van der Waals surface area contributed by atoms with E-state index >= 15 is 0 Å². The van der Waals surface area contributed by atoms with Gasteiger partial charge in [0.15, 0.2) is 0 Å². The Bertz CT molecular complexity index is 1000. The van der Waals surface area contributed by atoms with Crippen LogP contribution in [-0.2, 0) is 0 Å². The van der Waals surface area contributed by atoms with E-state index in [4.69, 9.17) is 4.98 Å². The lowest BCUT2D eigenvalue weighted by molar-refractivity contribution is 0.0988. The summed E-state index contributed by atoms with van der Waals surface area (Å²) in [6, 6.07) is 9.34. The molecule has 8 nitrogen and oxygen atoms in total. The van der Waals surface area contributed by atoms with E-state index in [1.54, 1.807) is 6.20 Å². The highest BCUT2D eigenvalue weighted by molar-refractivity contribution is 6.10. The van der Waals surface area contributed by atoms with Gasteiger partial charge in [0.1, 0.15) is 11.4 Å². The standard InChI is InChI=1S/C25H35N7O/c1-4-26-25-27-16-22-23(28-25)31-10-6-9-21(31)17-32(24(22)33)20-8-5-7-19(15-20)30-13-11-29(12-14-30)18(2)3/h5,7-8,15-16,18,21H,4,6,9-14,17H2,1-3H3,(H,26,27,28)/t21-/m0/s1. The lowest BCUT2D eigenvalue weighted by Crippen LogP contribution is -2.49. The molecule has 2 aromatic rings. The number of hydrogen-bond donors (Lipinski definition) is 1. The van der Waals surface area contributed by atoms with Crippen molar-refractivity contribution in [2.45, 2.75) is 45.7 Å². The summed E-state index contributed by atoms with van der Waals surface area (Å²) in [5.74, 6) is 1.35. The smallest absolute Gasteiger partial charge is 0.263 e. The van der Waals surface area contributed by atoms with Gasteiger partial charge in [0, 0.05) is 75.5 Å². The minimum atomic E-state index is -0.00998. The van der Waals surface area contributed by atoms with Crippen molar-refractivity contribution in [1.29, 1.82) is 0 Å². The topological polar surface area (TPSA) is 67.8 Å². The molecule has 2 fully saturated rings. The number of fused-ring (bicyclic) bond motifs is 3. The minimum Gasteiger partial charge on any atom is -0.369 e. The second-order valence-electron chi connectivity index (χ2n) is 9.50. The van der Waals surface area contributed by atoms with Crippen LogP contribution in [0, 0.1) is 0 Å². The van der Waals surface area contributed by atoms with Crippen LogP contribution in [0.5, 0.6) is 0 Å². The molecule has 1 N–H and O–H groups in total. The molecule has 8 heteroatoms. The zero-order chi connectivity index (χ0) is 22.9. The fourth-order valence-electron chi connectivity index (χ4n) is 5.31. The molecule has 0 saturated carbocycles. The normalized spacial score (nSPS) is 21.3. The molecule has 0 aliphatic carbocycles. The van der Waals surface area contributed by atoms with Crippen molar-refractivity contribution in [3.05, 3.63) is 36.0 Å². The molecule has 33 heavy (non-hydrogen) atoms. The molecular formula is C25H35N7O. The van der Waals surface area contributed by atoms with Crippen LogP contribution in [0.2, 0.25) is 0 Å². The molecule has 1 aromatic heterocycles. The van der Waals surface area contributed by atoms with E-state index in [1.807, 2.05) is 11.8 Å². The lowest BCUT2D eigenvalue weighted by Gasteiger charge is -2.38. The number of anilines is 4. The highest BCUT2D eigenvalue weighted by Crippen LogP contribution is 2.35. The molecule has 0 spiro atoms. The molecule has 3 aliphatic heterocycles. The Morgan fingerprint density at radius 2 is 1.91 bits per heavy atom. The maximum atomic E-state index is 13.7. The van der Waals surface area contributed by atoms with Crippen LogP contribution in [0.4, 0.5) is 23.1 Å². The van der Waals surface area contributed by atoms with Crippen LogP contribution < -0.4 is 20.0 Å². The monoisotopic (exact) mass is 449 g/mol. The van der Waals surface area contributed by atoms with Crippen molar-refractivity contribution < 1.29 is 4.79 Å². The van der Waals surface area contributed by atoms with Gasteiger partial charge >= 0.3 is 0 Å². The Kier molecular flexibility index (Phi) is 6.10. The fraction of sp³-hybridized carbons (Fsp3) is 0.560. The summed E-state index contributed by atoms with van der Waals surface area (Å²) in [5, 5.41) is 3.19. The number of aromatic nitrogens is 2. The van der Waals surface area contributed by atoms with Crippen molar-refractivity contribution in [3.63, 3.8) is 0 Å². The van der Waals surface area contributed by atoms with Crippen LogP contribution in [0.3, 0.4) is 0 Å². The van der Waals surface area contributed by atoms with E-state index in [1.165, 1.54) is 5.69 Å². The molecule has 4 heterocycles. The molecule has 1 aromatic carbocycles. The summed E-state index contributed by atoms with van der Waals surface area (Å²) in [6.07, 6.45) is 3.89. The first kappa shape index (κ1) is 21.9. The maximum Gasteiger partial charge on any atom is 0.263 e.